The van der Waals surface area contributed by atoms with Crippen molar-refractivity contribution in [2.45, 2.75) is 12.7 Å². The van der Waals surface area contributed by atoms with E-state index in [9.17, 15) is 18.6 Å². The lowest BCUT2D eigenvalue weighted by atomic mass is 9.79. The normalized spacial score (nSPS) is 13.8. The fourth-order valence-electron chi connectivity index (χ4n) is 1.72. The minimum absolute atomic E-state index is 0.0585. The van der Waals surface area contributed by atoms with Gasteiger partial charge in [0.25, 0.3) is 0 Å². The zero-order valence-corrected chi connectivity index (χ0v) is 10.5. The number of carbonyl (C=O) groups excluding carboxylic acids is 1. The van der Waals surface area contributed by atoms with Gasteiger partial charge in [-0.1, -0.05) is 11.6 Å². The van der Waals surface area contributed by atoms with Gasteiger partial charge in [-0.3, -0.25) is 0 Å². The molecule has 0 saturated carbocycles. The molecule has 1 aliphatic rings. The highest BCUT2D eigenvalue weighted by Gasteiger charge is 2.30. The Balaban J connectivity index is 2.25. The first kappa shape index (κ1) is 14.2. The van der Waals surface area contributed by atoms with Gasteiger partial charge in [-0.15, -0.1) is 0 Å². The molecule has 0 atom stereocenters. The summed E-state index contributed by atoms with van der Waals surface area (Å²) in [5.41, 5.74) is 0.992. The van der Waals surface area contributed by atoms with E-state index >= 15 is 0 Å². The SMILES string of the molecule is O=C(OC(CF)CF)c1cc2c(cc1Cl)COB2O. The maximum absolute atomic E-state index is 12.3. The van der Waals surface area contributed by atoms with E-state index in [1.165, 1.54) is 12.1 Å². The summed E-state index contributed by atoms with van der Waals surface area (Å²) >= 11 is 5.89. The van der Waals surface area contributed by atoms with Gasteiger partial charge in [-0.2, -0.15) is 0 Å². The fourth-order valence-corrected chi connectivity index (χ4v) is 1.98. The number of fused-ring (bicyclic) bond motifs is 1. The molecule has 0 saturated heterocycles. The Hall–Kier alpha value is -1.18. The Morgan fingerprint density at radius 1 is 1.53 bits per heavy atom. The average molecular weight is 290 g/mol. The predicted molar refractivity (Wildman–Crippen MR) is 65.0 cm³/mol. The summed E-state index contributed by atoms with van der Waals surface area (Å²) in [6, 6.07) is 2.77. The molecule has 8 heteroatoms. The van der Waals surface area contributed by atoms with Gasteiger partial charge in [-0.25, -0.2) is 13.6 Å². The second-order valence-electron chi connectivity index (χ2n) is 4.03. The van der Waals surface area contributed by atoms with E-state index in [4.69, 9.17) is 16.3 Å². The number of rotatable bonds is 4. The molecule has 0 spiro atoms. The van der Waals surface area contributed by atoms with Crippen LogP contribution in [-0.2, 0) is 16.0 Å². The van der Waals surface area contributed by atoms with Gasteiger partial charge >= 0.3 is 13.1 Å². The number of halogens is 3. The van der Waals surface area contributed by atoms with Crippen molar-refractivity contribution >= 4 is 30.2 Å². The molecular weight excluding hydrogens is 280 g/mol. The largest absolute Gasteiger partial charge is 0.491 e. The van der Waals surface area contributed by atoms with Crippen molar-refractivity contribution in [3.8, 4) is 0 Å². The Bertz CT molecular complexity index is 496. The molecule has 1 heterocycles. The lowest BCUT2D eigenvalue weighted by molar-refractivity contribution is 0.0173. The van der Waals surface area contributed by atoms with Crippen LogP contribution in [0.15, 0.2) is 12.1 Å². The number of ether oxygens (including phenoxy) is 1. The average Bonchev–Trinajstić information content (AvgIpc) is 2.75. The van der Waals surface area contributed by atoms with Crippen molar-refractivity contribution in [2.24, 2.45) is 0 Å². The third kappa shape index (κ3) is 2.88. The topological polar surface area (TPSA) is 55.8 Å². The summed E-state index contributed by atoms with van der Waals surface area (Å²) in [6.45, 7) is -2.05. The predicted octanol–water partition coefficient (Wildman–Crippen LogP) is 1.02. The summed E-state index contributed by atoms with van der Waals surface area (Å²) in [6.07, 6.45) is -1.45. The maximum atomic E-state index is 12.3. The highest BCUT2D eigenvalue weighted by Crippen LogP contribution is 2.22. The van der Waals surface area contributed by atoms with Crippen LogP contribution in [0, 0.1) is 0 Å². The van der Waals surface area contributed by atoms with E-state index in [2.05, 4.69) is 4.74 Å². The molecule has 0 aromatic heterocycles. The number of esters is 1. The zero-order valence-electron chi connectivity index (χ0n) is 9.74. The minimum Gasteiger partial charge on any atom is -0.453 e. The van der Waals surface area contributed by atoms with Crippen molar-refractivity contribution in [1.29, 1.82) is 0 Å². The molecular formula is C11H10BClF2O4. The zero-order chi connectivity index (χ0) is 14.0. The molecule has 1 aromatic carbocycles. The molecule has 0 bridgehead atoms. The molecule has 2 rings (SSSR count). The Morgan fingerprint density at radius 3 is 2.84 bits per heavy atom. The smallest absolute Gasteiger partial charge is 0.453 e. The van der Waals surface area contributed by atoms with E-state index in [0.717, 1.165) is 0 Å². The van der Waals surface area contributed by atoms with Gasteiger partial charge < -0.3 is 14.4 Å². The van der Waals surface area contributed by atoms with E-state index in [1.54, 1.807) is 0 Å². The van der Waals surface area contributed by atoms with E-state index < -0.39 is 32.5 Å². The summed E-state index contributed by atoms with van der Waals surface area (Å²) < 4.78 is 34.2. The molecule has 1 aromatic rings. The van der Waals surface area contributed by atoms with Crippen LogP contribution in [0.3, 0.4) is 0 Å². The summed E-state index contributed by atoms with van der Waals surface area (Å²) in [4.78, 5) is 11.7. The first-order valence-electron chi connectivity index (χ1n) is 5.51. The number of alkyl halides is 2. The van der Waals surface area contributed by atoms with Crippen LogP contribution in [0.5, 0.6) is 0 Å². The van der Waals surface area contributed by atoms with Gasteiger partial charge in [0.1, 0.15) is 13.3 Å². The Labute approximate surface area is 113 Å². The summed E-state index contributed by atoms with van der Waals surface area (Å²) in [5, 5.41) is 9.60. The van der Waals surface area contributed by atoms with Gasteiger partial charge in [-0.05, 0) is 23.2 Å². The van der Waals surface area contributed by atoms with Crippen molar-refractivity contribution in [1.82, 2.24) is 0 Å². The van der Waals surface area contributed by atoms with Crippen LogP contribution < -0.4 is 5.46 Å². The molecule has 1 N–H and O–H groups in total. The molecule has 0 unspecified atom stereocenters. The lowest BCUT2D eigenvalue weighted by Crippen LogP contribution is -2.30. The minimum atomic E-state index is -1.45. The monoisotopic (exact) mass is 290 g/mol. The van der Waals surface area contributed by atoms with E-state index in [-0.39, 0.29) is 17.2 Å². The number of carbonyl (C=O) groups is 1. The number of benzene rings is 1. The number of hydrogen-bond acceptors (Lipinski definition) is 4. The standard InChI is InChI=1S/C11H10BClF2O4/c13-10-1-6-5-18-12(17)9(6)2-8(10)11(16)19-7(3-14)4-15/h1-2,7,17H,3-5H2. The van der Waals surface area contributed by atoms with Crippen LogP contribution >= 0.6 is 11.6 Å². The van der Waals surface area contributed by atoms with Crippen molar-refractivity contribution in [3.05, 3.63) is 28.3 Å². The third-order valence-electron chi connectivity index (χ3n) is 2.73. The first-order chi connectivity index (χ1) is 9.06. The van der Waals surface area contributed by atoms with Gasteiger partial charge in [0.15, 0.2) is 6.10 Å². The lowest BCUT2D eigenvalue weighted by Gasteiger charge is -2.12. The van der Waals surface area contributed by atoms with E-state index in [0.29, 0.717) is 11.0 Å². The summed E-state index contributed by atoms with van der Waals surface area (Å²) in [7, 11) is -1.14. The van der Waals surface area contributed by atoms with Gasteiger partial charge in [0, 0.05) is 0 Å². The second kappa shape index (κ2) is 5.86. The van der Waals surface area contributed by atoms with Crippen LogP contribution in [0.4, 0.5) is 8.78 Å². The van der Waals surface area contributed by atoms with Crippen molar-refractivity contribution in [3.63, 3.8) is 0 Å². The Kier molecular flexibility index (Phi) is 4.39. The maximum Gasteiger partial charge on any atom is 0.491 e. The summed E-state index contributed by atoms with van der Waals surface area (Å²) in [5.74, 6) is -0.938. The fraction of sp³-hybridized carbons (Fsp3) is 0.364. The van der Waals surface area contributed by atoms with Crippen LogP contribution in [0.25, 0.3) is 0 Å². The molecule has 4 nitrogen and oxygen atoms in total. The number of hydrogen-bond donors (Lipinski definition) is 1. The molecule has 1 aliphatic heterocycles. The van der Waals surface area contributed by atoms with Crippen LogP contribution in [0.2, 0.25) is 5.02 Å². The van der Waals surface area contributed by atoms with Crippen molar-refractivity contribution < 1.29 is 28.0 Å². The van der Waals surface area contributed by atoms with Gasteiger partial charge in [0.2, 0.25) is 0 Å². The highest BCUT2D eigenvalue weighted by atomic mass is 35.5. The first-order valence-corrected chi connectivity index (χ1v) is 5.89. The molecule has 0 aliphatic carbocycles. The molecule has 0 radical (unpaired) electrons. The quantitative estimate of drug-likeness (QED) is 0.664. The van der Waals surface area contributed by atoms with E-state index in [1.807, 2.05) is 0 Å². The van der Waals surface area contributed by atoms with Gasteiger partial charge in [0.05, 0.1) is 17.2 Å². The molecule has 19 heavy (non-hydrogen) atoms. The van der Waals surface area contributed by atoms with Crippen LogP contribution in [0.1, 0.15) is 15.9 Å². The molecule has 102 valence electrons. The Morgan fingerprint density at radius 2 is 2.21 bits per heavy atom. The highest BCUT2D eigenvalue weighted by molar-refractivity contribution is 6.61. The molecule has 0 amide bonds. The third-order valence-corrected chi connectivity index (χ3v) is 3.04. The van der Waals surface area contributed by atoms with Crippen LogP contribution in [-0.4, -0.2) is 37.6 Å². The van der Waals surface area contributed by atoms with Crippen molar-refractivity contribution in [2.75, 3.05) is 13.3 Å². The second-order valence-corrected chi connectivity index (χ2v) is 4.44. The molecule has 0 fully saturated rings.